The minimum atomic E-state index is -0.438. The second-order valence-corrected chi connectivity index (χ2v) is 8.39. The van der Waals surface area contributed by atoms with Crippen molar-refractivity contribution in [3.63, 3.8) is 0 Å². The van der Waals surface area contributed by atoms with Gasteiger partial charge in [0.2, 0.25) is 0 Å². The van der Waals surface area contributed by atoms with Gasteiger partial charge in [0.15, 0.2) is 0 Å². The van der Waals surface area contributed by atoms with Crippen molar-refractivity contribution in [1.82, 2.24) is 0 Å². The summed E-state index contributed by atoms with van der Waals surface area (Å²) in [6.45, 7) is 8.07. The predicted octanol–water partition coefficient (Wildman–Crippen LogP) is 6.71. The molecular weight excluding hydrogens is 404 g/mol. The number of carbonyl (C=O) groups is 1. The third-order valence-electron chi connectivity index (χ3n) is 5.08. The first-order chi connectivity index (χ1) is 14.7. The summed E-state index contributed by atoms with van der Waals surface area (Å²) in [5.41, 5.74) is 8.12. The highest BCUT2D eigenvalue weighted by atomic mass is 35.5. The minimum absolute atomic E-state index is 0.0314. The lowest BCUT2D eigenvalue weighted by Gasteiger charge is -2.11. The second-order valence-electron chi connectivity index (χ2n) is 7.96. The molecule has 0 aliphatic rings. The van der Waals surface area contributed by atoms with Crippen molar-refractivity contribution in [2.24, 2.45) is 0 Å². The number of hydrogen-bond acceptors (Lipinski definition) is 2. The van der Waals surface area contributed by atoms with Gasteiger partial charge < -0.3 is 5.32 Å². The van der Waals surface area contributed by atoms with E-state index in [1.807, 2.05) is 50.2 Å². The van der Waals surface area contributed by atoms with E-state index in [9.17, 15) is 10.1 Å². The number of rotatable bonds is 5. The molecule has 1 amide bonds. The number of amides is 1. The molecule has 3 rings (SSSR count). The van der Waals surface area contributed by atoms with Crippen molar-refractivity contribution < 1.29 is 4.79 Å². The molecular formula is C27H25ClN2O. The van der Waals surface area contributed by atoms with Crippen LogP contribution >= 0.6 is 11.6 Å². The van der Waals surface area contributed by atoms with Crippen molar-refractivity contribution in [2.75, 3.05) is 5.32 Å². The Labute approximate surface area is 189 Å². The van der Waals surface area contributed by atoms with Crippen LogP contribution < -0.4 is 5.32 Å². The minimum Gasteiger partial charge on any atom is -0.321 e. The van der Waals surface area contributed by atoms with Crippen molar-refractivity contribution in [3.05, 3.63) is 104 Å². The number of anilines is 1. The van der Waals surface area contributed by atoms with Crippen LogP contribution in [0.4, 0.5) is 5.69 Å². The van der Waals surface area contributed by atoms with Crippen LogP contribution in [0.5, 0.6) is 0 Å². The molecule has 0 saturated heterocycles. The summed E-state index contributed by atoms with van der Waals surface area (Å²) in [6.07, 6.45) is 2.30. The average molecular weight is 429 g/mol. The zero-order valence-corrected chi connectivity index (χ0v) is 19.0. The van der Waals surface area contributed by atoms with Crippen molar-refractivity contribution >= 4 is 29.3 Å². The van der Waals surface area contributed by atoms with Gasteiger partial charge >= 0.3 is 0 Å². The highest BCUT2D eigenvalue weighted by Gasteiger charge is 2.13. The normalized spacial score (nSPS) is 11.2. The van der Waals surface area contributed by atoms with E-state index in [-0.39, 0.29) is 5.57 Å². The highest BCUT2D eigenvalue weighted by molar-refractivity contribution is 6.30. The molecule has 0 heterocycles. The topological polar surface area (TPSA) is 52.9 Å². The molecule has 0 fully saturated rings. The van der Waals surface area contributed by atoms with E-state index in [4.69, 9.17) is 11.6 Å². The Morgan fingerprint density at radius 1 is 0.968 bits per heavy atom. The lowest BCUT2D eigenvalue weighted by Crippen LogP contribution is -2.14. The third kappa shape index (κ3) is 5.84. The summed E-state index contributed by atoms with van der Waals surface area (Å²) < 4.78 is 0. The number of nitrogens with one attached hydrogen (secondary N) is 1. The number of carbonyl (C=O) groups excluding carboxylic acids is 1. The van der Waals surface area contributed by atoms with Gasteiger partial charge in [0.25, 0.3) is 5.91 Å². The molecule has 0 unspecified atom stereocenters. The fourth-order valence-electron chi connectivity index (χ4n) is 3.70. The molecule has 3 aromatic carbocycles. The zero-order valence-electron chi connectivity index (χ0n) is 18.2. The largest absolute Gasteiger partial charge is 0.321 e. The predicted molar refractivity (Wildman–Crippen MR) is 128 cm³/mol. The van der Waals surface area contributed by atoms with E-state index in [0.29, 0.717) is 17.1 Å². The highest BCUT2D eigenvalue weighted by Crippen LogP contribution is 2.24. The van der Waals surface area contributed by atoms with Crippen LogP contribution in [-0.4, -0.2) is 5.91 Å². The van der Waals surface area contributed by atoms with Gasteiger partial charge in [-0.25, -0.2) is 0 Å². The van der Waals surface area contributed by atoms with E-state index in [1.54, 1.807) is 12.1 Å². The first-order valence-electron chi connectivity index (χ1n) is 10.1. The van der Waals surface area contributed by atoms with Gasteiger partial charge in [0, 0.05) is 10.7 Å². The monoisotopic (exact) mass is 428 g/mol. The maximum atomic E-state index is 12.8. The maximum absolute atomic E-state index is 12.8. The fourth-order valence-corrected chi connectivity index (χ4v) is 3.88. The Kier molecular flexibility index (Phi) is 6.95. The van der Waals surface area contributed by atoms with Gasteiger partial charge in [-0.05, 0) is 80.6 Å². The van der Waals surface area contributed by atoms with Crippen molar-refractivity contribution in [3.8, 4) is 6.07 Å². The fraction of sp³-hybridized carbons (Fsp3) is 0.185. The van der Waals surface area contributed by atoms with Crippen molar-refractivity contribution in [2.45, 2.75) is 34.1 Å². The van der Waals surface area contributed by atoms with Gasteiger partial charge in [-0.15, -0.1) is 0 Å². The van der Waals surface area contributed by atoms with Crippen LogP contribution in [0, 0.1) is 39.0 Å². The molecule has 156 valence electrons. The molecule has 31 heavy (non-hydrogen) atoms. The van der Waals surface area contributed by atoms with Gasteiger partial charge in [-0.1, -0.05) is 64.7 Å². The molecule has 3 aromatic rings. The van der Waals surface area contributed by atoms with Crippen LogP contribution in [0.15, 0.2) is 60.2 Å². The quantitative estimate of drug-likeness (QED) is 0.362. The molecule has 0 aliphatic heterocycles. The summed E-state index contributed by atoms with van der Waals surface area (Å²) in [4.78, 5) is 12.8. The smallest absolute Gasteiger partial charge is 0.266 e. The van der Waals surface area contributed by atoms with Crippen LogP contribution in [0.3, 0.4) is 0 Å². The molecule has 0 radical (unpaired) electrons. The van der Waals surface area contributed by atoms with E-state index in [1.165, 1.54) is 16.7 Å². The summed E-state index contributed by atoms with van der Waals surface area (Å²) >= 11 is 6.23. The molecule has 0 aliphatic carbocycles. The number of nitriles is 1. The Balaban J connectivity index is 1.93. The third-order valence-corrected chi connectivity index (χ3v) is 5.31. The van der Waals surface area contributed by atoms with Gasteiger partial charge in [-0.3, -0.25) is 4.79 Å². The molecule has 0 bridgehead atoms. The number of aryl methyl sites for hydroxylation is 4. The Bertz CT molecular complexity index is 1200. The first kappa shape index (κ1) is 22.3. The Morgan fingerprint density at radius 2 is 1.68 bits per heavy atom. The lowest BCUT2D eigenvalue weighted by atomic mass is 9.96. The number of halogens is 1. The Hall–Kier alpha value is -3.35. The van der Waals surface area contributed by atoms with Crippen LogP contribution in [-0.2, 0) is 11.2 Å². The van der Waals surface area contributed by atoms with Crippen LogP contribution in [0.25, 0.3) is 6.08 Å². The molecule has 4 heteroatoms. The average Bonchev–Trinajstić information content (AvgIpc) is 2.69. The molecule has 0 atom stereocenters. The van der Waals surface area contributed by atoms with E-state index in [0.717, 1.165) is 22.3 Å². The standard InChI is InChI=1S/C27H25ClN2O/c1-17-5-8-26(20(4)10-17)30-27(31)24(16-29)14-23-15-25(28)7-6-22(23)13-21-11-18(2)9-19(3)12-21/h5-12,14-15H,13H2,1-4H3,(H,30,31)/b24-14+. The summed E-state index contributed by atoms with van der Waals surface area (Å²) in [7, 11) is 0. The first-order valence-corrected chi connectivity index (χ1v) is 10.5. The summed E-state index contributed by atoms with van der Waals surface area (Å²) in [6, 6.07) is 19.8. The SMILES string of the molecule is Cc1cc(C)cc(Cc2ccc(Cl)cc2/C=C(\C#N)C(=O)Nc2ccc(C)cc2C)c1. The molecule has 0 aromatic heterocycles. The van der Waals surface area contributed by atoms with Gasteiger partial charge in [0.1, 0.15) is 11.6 Å². The summed E-state index contributed by atoms with van der Waals surface area (Å²) in [5.74, 6) is -0.438. The number of hydrogen-bond donors (Lipinski definition) is 1. The number of nitrogens with zero attached hydrogens (tertiary/aromatic N) is 1. The van der Waals surface area contributed by atoms with Gasteiger partial charge in [-0.2, -0.15) is 5.26 Å². The maximum Gasteiger partial charge on any atom is 0.266 e. The van der Waals surface area contributed by atoms with E-state index in [2.05, 4.69) is 37.4 Å². The zero-order chi connectivity index (χ0) is 22.5. The van der Waals surface area contributed by atoms with Crippen LogP contribution in [0.2, 0.25) is 5.02 Å². The molecule has 0 spiro atoms. The van der Waals surface area contributed by atoms with Gasteiger partial charge in [0.05, 0.1) is 0 Å². The molecule has 3 nitrogen and oxygen atoms in total. The van der Waals surface area contributed by atoms with Crippen molar-refractivity contribution in [1.29, 1.82) is 5.26 Å². The molecule has 1 N–H and O–H groups in total. The van der Waals surface area contributed by atoms with E-state index < -0.39 is 5.91 Å². The van der Waals surface area contributed by atoms with E-state index >= 15 is 0 Å². The molecule has 0 saturated carbocycles. The lowest BCUT2D eigenvalue weighted by molar-refractivity contribution is -0.112. The Morgan fingerprint density at radius 3 is 2.32 bits per heavy atom. The number of benzene rings is 3. The van der Waals surface area contributed by atoms with Crippen LogP contribution in [0.1, 0.15) is 38.9 Å². The second kappa shape index (κ2) is 9.64. The summed E-state index contributed by atoms with van der Waals surface area (Å²) in [5, 5.41) is 13.1.